The van der Waals surface area contributed by atoms with E-state index in [9.17, 15) is 29.4 Å². The van der Waals surface area contributed by atoms with Gasteiger partial charge in [-0.15, -0.1) is 0 Å². The third-order valence-electron chi connectivity index (χ3n) is 5.31. The lowest BCUT2D eigenvalue weighted by Gasteiger charge is -2.26. The van der Waals surface area contributed by atoms with E-state index in [1.54, 1.807) is 13.0 Å². The Hall–Kier alpha value is -3.28. The Kier molecular flexibility index (Phi) is 4.43. The van der Waals surface area contributed by atoms with Crippen LogP contribution >= 0.6 is 0 Å². The molecule has 0 saturated carbocycles. The lowest BCUT2D eigenvalue weighted by atomic mass is 9.74. The molecule has 2 aromatic carbocycles. The van der Waals surface area contributed by atoms with Crippen molar-refractivity contribution < 1.29 is 29.4 Å². The van der Waals surface area contributed by atoms with Crippen molar-refractivity contribution >= 4 is 24.5 Å². The van der Waals surface area contributed by atoms with E-state index in [0.29, 0.717) is 58.8 Å². The number of rotatable bonds is 6. The second-order valence-electron chi connectivity index (χ2n) is 6.45. The van der Waals surface area contributed by atoms with Crippen LogP contribution in [-0.2, 0) is 27.8 Å². The monoisotopic (exact) mass is 366 g/mol. The Labute approximate surface area is 155 Å². The lowest BCUT2D eigenvalue weighted by Crippen LogP contribution is -2.44. The summed E-state index contributed by atoms with van der Waals surface area (Å²) < 4.78 is 0. The standard InChI is InChI=1S/C21H18O6/c1-3-13-12(10-23)8-16-15-7-11(9-22)5-6-17(15)21(19(24)25,20(26)27)18(16)14(13)4-2/h5-10H,3-4H2,1-2H3,(H,24,25)(H,26,27). The summed E-state index contributed by atoms with van der Waals surface area (Å²) in [6, 6.07) is 5.81. The van der Waals surface area contributed by atoms with E-state index in [1.807, 2.05) is 6.92 Å². The van der Waals surface area contributed by atoms with Crippen LogP contribution in [0.5, 0.6) is 0 Å². The number of carbonyl (C=O) groups excluding carboxylic acids is 2. The van der Waals surface area contributed by atoms with Crippen molar-refractivity contribution in [2.24, 2.45) is 0 Å². The Balaban J connectivity index is 2.60. The van der Waals surface area contributed by atoms with Crippen LogP contribution in [0.4, 0.5) is 0 Å². The number of fused-ring (bicyclic) bond motifs is 3. The van der Waals surface area contributed by atoms with Crippen molar-refractivity contribution in [3.63, 3.8) is 0 Å². The summed E-state index contributed by atoms with van der Waals surface area (Å²) in [4.78, 5) is 47.5. The minimum Gasteiger partial charge on any atom is -0.480 e. The molecule has 6 nitrogen and oxygen atoms in total. The van der Waals surface area contributed by atoms with Crippen LogP contribution < -0.4 is 0 Å². The number of carboxylic acid groups (broad SMARTS) is 2. The van der Waals surface area contributed by atoms with Crippen LogP contribution in [0.15, 0.2) is 24.3 Å². The highest BCUT2D eigenvalue weighted by Gasteiger charge is 2.57. The van der Waals surface area contributed by atoms with Crippen LogP contribution in [0.1, 0.15) is 56.8 Å². The highest BCUT2D eigenvalue weighted by Crippen LogP contribution is 2.52. The fourth-order valence-electron chi connectivity index (χ4n) is 4.21. The summed E-state index contributed by atoms with van der Waals surface area (Å²) in [5, 5.41) is 20.1. The zero-order valence-corrected chi connectivity index (χ0v) is 14.9. The molecule has 0 amide bonds. The predicted molar refractivity (Wildman–Crippen MR) is 97.5 cm³/mol. The Morgan fingerprint density at radius 3 is 2.04 bits per heavy atom. The maximum Gasteiger partial charge on any atom is 0.330 e. The maximum atomic E-state index is 12.3. The highest BCUT2D eigenvalue weighted by molar-refractivity contribution is 6.15. The van der Waals surface area contributed by atoms with Crippen LogP contribution in [0.2, 0.25) is 0 Å². The first kappa shape index (κ1) is 18.5. The molecule has 0 unspecified atom stereocenters. The first-order valence-electron chi connectivity index (χ1n) is 8.59. The Morgan fingerprint density at radius 2 is 1.56 bits per heavy atom. The molecule has 2 N–H and O–H groups in total. The number of benzene rings is 2. The van der Waals surface area contributed by atoms with E-state index < -0.39 is 17.4 Å². The average molecular weight is 366 g/mol. The van der Waals surface area contributed by atoms with E-state index in [0.717, 1.165) is 0 Å². The number of hydrogen-bond donors (Lipinski definition) is 2. The van der Waals surface area contributed by atoms with Gasteiger partial charge in [0.1, 0.15) is 12.6 Å². The van der Waals surface area contributed by atoms with Crippen molar-refractivity contribution in [2.45, 2.75) is 32.1 Å². The van der Waals surface area contributed by atoms with Gasteiger partial charge < -0.3 is 10.2 Å². The number of hydrogen-bond acceptors (Lipinski definition) is 4. The van der Waals surface area contributed by atoms with Crippen LogP contribution in [-0.4, -0.2) is 34.7 Å². The Morgan fingerprint density at radius 1 is 0.926 bits per heavy atom. The summed E-state index contributed by atoms with van der Waals surface area (Å²) in [6.45, 7) is 3.64. The van der Waals surface area contributed by atoms with Gasteiger partial charge in [0, 0.05) is 11.1 Å². The predicted octanol–water partition coefficient (Wildman–Crippen LogP) is 2.87. The van der Waals surface area contributed by atoms with Gasteiger partial charge in [0.15, 0.2) is 0 Å². The summed E-state index contributed by atoms with van der Waals surface area (Å²) in [7, 11) is 0. The molecular weight excluding hydrogens is 348 g/mol. The molecule has 0 aromatic heterocycles. The fraction of sp³-hybridized carbons (Fsp3) is 0.238. The number of carboxylic acids is 2. The van der Waals surface area contributed by atoms with E-state index in [-0.39, 0.29) is 11.1 Å². The highest BCUT2D eigenvalue weighted by atomic mass is 16.4. The molecule has 0 spiro atoms. The molecule has 3 rings (SSSR count). The van der Waals surface area contributed by atoms with Gasteiger partial charge in [-0.25, -0.2) is 0 Å². The maximum absolute atomic E-state index is 12.3. The summed E-state index contributed by atoms with van der Waals surface area (Å²) in [5.74, 6) is -2.99. The van der Waals surface area contributed by atoms with Gasteiger partial charge in [0.25, 0.3) is 0 Å². The van der Waals surface area contributed by atoms with E-state index in [4.69, 9.17) is 0 Å². The largest absolute Gasteiger partial charge is 0.480 e. The number of aliphatic carboxylic acids is 2. The molecule has 0 heterocycles. The molecule has 1 aliphatic rings. The fourth-order valence-corrected chi connectivity index (χ4v) is 4.21. The van der Waals surface area contributed by atoms with Gasteiger partial charge in [-0.05, 0) is 58.4 Å². The molecule has 0 bridgehead atoms. The lowest BCUT2D eigenvalue weighted by molar-refractivity contribution is -0.155. The first-order valence-corrected chi connectivity index (χ1v) is 8.59. The quantitative estimate of drug-likeness (QED) is 0.601. The van der Waals surface area contributed by atoms with Gasteiger partial charge in [0.05, 0.1) is 0 Å². The molecule has 0 fully saturated rings. The molecule has 0 aliphatic heterocycles. The van der Waals surface area contributed by atoms with Crippen LogP contribution in [0, 0.1) is 0 Å². The normalized spacial score (nSPS) is 13.6. The smallest absolute Gasteiger partial charge is 0.330 e. The summed E-state index contributed by atoms with van der Waals surface area (Å²) >= 11 is 0. The van der Waals surface area contributed by atoms with Gasteiger partial charge in [-0.1, -0.05) is 26.0 Å². The molecule has 2 aromatic rings. The Bertz CT molecular complexity index is 988. The third-order valence-corrected chi connectivity index (χ3v) is 5.31. The zero-order chi connectivity index (χ0) is 19.9. The third kappa shape index (κ3) is 2.26. The van der Waals surface area contributed by atoms with Crippen molar-refractivity contribution in [1.82, 2.24) is 0 Å². The first-order chi connectivity index (χ1) is 12.9. The SMILES string of the molecule is CCc1c(C=O)cc2c(c1CC)C(C(=O)O)(C(=O)O)c1ccc(C=O)cc1-2. The van der Waals surface area contributed by atoms with Crippen molar-refractivity contribution in [3.8, 4) is 11.1 Å². The van der Waals surface area contributed by atoms with E-state index in [2.05, 4.69) is 0 Å². The topological polar surface area (TPSA) is 109 Å². The summed E-state index contributed by atoms with van der Waals surface area (Å²) in [6.07, 6.45) is 2.16. The second-order valence-corrected chi connectivity index (χ2v) is 6.45. The molecule has 0 atom stereocenters. The van der Waals surface area contributed by atoms with Gasteiger partial charge in [-0.2, -0.15) is 0 Å². The van der Waals surface area contributed by atoms with Crippen molar-refractivity contribution in [3.05, 3.63) is 57.6 Å². The molecule has 138 valence electrons. The van der Waals surface area contributed by atoms with Crippen molar-refractivity contribution in [1.29, 1.82) is 0 Å². The molecule has 6 heteroatoms. The molecular formula is C21H18O6. The minimum atomic E-state index is -2.28. The average Bonchev–Trinajstić information content (AvgIpc) is 2.96. The van der Waals surface area contributed by atoms with E-state index in [1.165, 1.54) is 18.2 Å². The van der Waals surface area contributed by atoms with Gasteiger partial charge >= 0.3 is 11.9 Å². The van der Waals surface area contributed by atoms with Crippen LogP contribution in [0.25, 0.3) is 11.1 Å². The van der Waals surface area contributed by atoms with Gasteiger partial charge in [0.2, 0.25) is 5.41 Å². The van der Waals surface area contributed by atoms with Gasteiger partial charge in [-0.3, -0.25) is 19.2 Å². The summed E-state index contributed by atoms with van der Waals surface area (Å²) in [5.41, 5.74) is 0.678. The molecule has 1 aliphatic carbocycles. The van der Waals surface area contributed by atoms with Crippen molar-refractivity contribution in [2.75, 3.05) is 0 Å². The van der Waals surface area contributed by atoms with Crippen LogP contribution in [0.3, 0.4) is 0 Å². The molecule has 0 saturated heterocycles. The molecule has 0 radical (unpaired) electrons. The minimum absolute atomic E-state index is 0.0999. The number of carbonyl (C=O) groups is 4. The second kappa shape index (κ2) is 6.46. The zero-order valence-electron chi connectivity index (χ0n) is 14.9. The molecule has 27 heavy (non-hydrogen) atoms. The van der Waals surface area contributed by atoms with E-state index >= 15 is 0 Å². The number of aldehydes is 2.